The second-order valence-electron chi connectivity index (χ2n) is 2.86. The lowest BCUT2D eigenvalue weighted by atomic mass is 10.2. The highest BCUT2D eigenvalue weighted by molar-refractivity contribution is 6.31. The summed E-state index contributed by atoms with van der Waals surface area (Å²) in [6.45, 7) is 0.744. The minimum absolute atomic E-state index is 0.241. The zero-order valence-electron chi connectivity index (χ0n) is 7.70. The van der Waals surface area contributed by atoms with Gasteiger partial charge in [0.25, 0.3) is 0 Å². The lowest BCUT2D eigenvalue weighted by molar-refractivity contribution is -0.119. The van der Waals surface area contributed by atoms with E-state index in [4.69, 9.17) is 22.1 Å². The van der Waals surface area contributed by atoms with Gasteiger partial charge in [-0.25, -0.2) is 0 Å². The summed E-state index contributed by atoms with van der Waals surface area (Å²) in [7, 11) is 0. The van der Waals surface area contributed by atoms with E-state index in [2.05, 4.69) is 0 Å². The van der Waals surface area contributed by atoms with Crippen LogP contribution in [0.4, 0.5) is 0 Å². The Balaban J connectivity index is 2.31. The van der Waals surface area contributed by atoms with Crippen LogP contribution in [-0.2, 0) is 16.1 Å². The highest BCUT2D eigenvalue weighted by atomic mass is 35.5. The molecule has 0 saturated heterocycles. The molecule has 0 unspecified atom stereocenters. The molecule has 14 heavy (non-hydrogen) atoms. The van der Waals surface area contributed by atoms with E-state index in [1.165, 1.54) is 0 Å². The van der Waals surface area contributed by atoms with Crippen molar-refractivity contribution in [1.29, 1.82) is 0 Å². The van der Waals surface area contributed by atoms with Gasteiger partial charge in [0.1, 0.15) is 0 Å². The summed E-state index contributed by atoms with van der Waals surface area (Å²) in [5.41, 5.74) is 5.87. The minimum atomic E-state index is -0.357. The second kappa shape index (κ2) is 5.62. The van der Waals surface area contributed by atoms with Crippen molar-refractivity contribution in [2.75, 3.05) is 6.61 Å². The number of hydrogen-bond acceptors (Lipinski definition) is 2. The molecule has 1 amide bonds. The van der Waals surface area contributed by atoms with Gasteiger partial charge in [0.15, 0.2) is 0 Å². The van der Waals surface area contributed by atoms with Gasteiger partial charge >= 0.3 is 0 Å². The molecule has 0 bridgehead atoms. The maximum Gasteiger partial charge on any atom is 0.219 e. The average molecular weight is 214 g/mol. The standard InChI is InChI=1S/C10H12ClNO2/c11-9-4-2-1-3-8(9)7-14-6-5-10(12)13/h1-4H,5-7H2,(H2,12,13). The Hall–Kier alpha value is -1.06. The molecule has 4 heteroatoms. The third-order valence-corrected chi connectivity index (χ3v) is 2.08. The fourth-order valence-corrected chi connectivity index (χ4v) is 1.16. The van der Waals surface area contributed by atoms with Crippen molar-refractivity contribution < 1.29 is 9.53 Å². The maximum absolute atomic E-state index is 10.4. The number of carbonyl (C=O) groups excluding carboxylic acids is 1. The van der Waals surface area contributed by atoms with Crippen molar-refractivity contribution in [3.05, 3.63) is 34.9 Å². The van der Waals surface area contributed by atoms with Crippen molar-refractivity contribution in [3.8, 4) is 0 Å². The normalized spacial score (nSPS) is 10.1. The molecule has 0 radical (unpaired) electrons. The zero-order chi connectivity index (χ0) is 10.4. The molecule has 1 rings (SSSR count). The van der Waals surface area contributed by atoms with Crippen molar-refractivity contribution >= 4 is 17.5 Å². The van der Waals surface area contributed by atoms with Crippen molar-refractivity contribution in [1.82, 2.24) is 0 Å². The molecule has 0 atom stereocenters. The minimum Gasteiger partial charge on any atom is -0.376 e. The summed E-state index contributed by atoms with van der Waals surface area (Å²) >= 11 is 5.89. The highest BCUT2D eigenvalue weighted by Gasteiger charge is 1.99. The SMILES string of the molecule is NC(=O)CCOCc1ccccc1Cl. The predicted octanol–water partition coefficient (Wildman–Crippen LogP) is 1.73. The first-order chi connectivity index (χ1) is 6.70. The summed E-state index contributed by atoms with van der Waals surface area (Å²) in [5, 5.41) is 0.673. The number of benzene rings is 1. The Morgan fingerprint density at radius 1 is 1.43 bits per heavy atom. The Labute approximate surface area is 87.8 Å². The number of halogens is 1. The van der Waals surface area contributed by atoms with Gasteiger partial charge in [0.05, 0.1) is 13.2 Å². The molecule has 1 aromatic rings. The number of primary amides is 1. The largest absolute Gasteiger partial charge is 0.376 e. The molecule has 0 aliphatic carbocycles. The first-order valence-corrected chi connectivity index (χ1v) is 4.67. The molecule has 1 aromatic carbocycles. The van der Waals surface area contributed by atoms with Gasteiger partial charge in [-0.15, -0.1) is 0 Å². The van der Waals surface area contributed by atoms with Crippen molar-refractivity contribution in [2.45, 2.75) is 13.0 Å². The van der Waals surface area contributed by atoms with E-state index < -0.39 is 0 Å². The second-order valence-corrected chi connectivity index (χ2v) is 3.27. The molecule has 0 spiro atoms. The van der Waals surface area contributed by atoms with Crippen LogP contribution in [0.1, 0.15) is 12.0 Å². The van der Waals surface area contributed by atoms with Crippen LogP contribution in [0, 0.1) is 0 Å². The van der Waals surface area contributed by atoms with Gasteiger partial charge in [0.2, 0.25) is 5.91 Å². The van der Waals surface area contributed by atoms with Crippen LogP contribution in [-0.4, -0.2) is 12.5 Å². The number of carbonyl (C=O) groups is 1. The zero-order valence-corrected chi connectivity index (χ0v) is 8.46. The molecule has 0 aliphatic heterocycles. The van der Waals surface area contributed by atoms with Crippen LogP contribution in [0.5, 0.6) is 0 Å². The van der Waals surface area contributed by atoms with Gasteiger partial charge in [-0.3, -0.25) is 4.79 Å². The van der Waals surface area contributed by atoms with E-state index >= 15 is 0 Å². The van der Waals surface area contributed by atoms with Crippen LogP contribution >= 0.6 is 11.6 Å². The van der Waals surface area contributed by atoms with Gasteiger partial charge in [-0.05, 0) is 11.6 Å². The molecule has 0 aliphatic rings. The molecule has 76 valence electrons. The van der Waals surface area contributed by atoms with Gasteiger partial charge in [-0.1, -0.05) is 29.8 Å². The monoisotopic (exact) mass is 213 g/mol. The number of rotatable bonds is 5. The van der Waals surface area contributed by atoms with Gasteiger partial charge in [0, 0.05) is 11.4 Å². The molecule has 3 nitrogen and oxygen atoms in total. The van der Waals surface area contributed by atoms with E-state index in [-0.39, 0.29) is 12.3 Å². The summed E-state index contributed by atoms with van der Waals surface area (Å²) in [4.78, 5) is 10.4. The number of nitrogens with two attached hydrogens (primary N) is 1. The molecule has 0 saturated carbocycles. The molecule has 2 N–H and O–H groups in total. The first kappa shape index (κ1) is 11.0. The fourth-order valence-electron chi connectivity index (χ4n) is 0.970. The first-order valence-electron chi connectivity index (χ1n) is 4.29. The molecular formula is C10H12ClNO2. The van der Waals surface area contributed by atoms with Crippen LogP contribution in [0.15, 0.2) is 24.3 Å². The summed E-state index contributed by atoms with van der Waals surface area (Å²) in [6, 6.07) is 7.43. The summed E-state index contributed by atoms with van der Waals surface area (Å²) in [6.07, 6.45) is 0.241. The van der Waals surface area contributed by atoms with E-state index in [1.807, 2.05) is 18.2 Å². The van der Waals surface area contributed by atoms with Crippen LogP contribution in [0.3, 0.4) is 0 Å². The Bertz CT molecular complexity index is 315. The molecule has 0 aromatic heterocycles. The lowest BCUT2D eigenvalue weighted by Crippen LogP contribution is -2.13. The predicted molar refractivity (Wildman–Crippen MR) is 54.9 cm³/mol. The highest BCUT2D eigenvalue weighted by Crippen LogP contribution is 2.15. The van der Waals surface area contributed by atoms with E-state index in [0.717, 1.165) is 5.56 Å². The lowest BCUT2D eigenvalue weighted by Gasteiger charge is -2.04. The summed E-state index contributed by atoms with van der Waals surface area (Å²) in [5.74, 6) is -0.357. The van der Waals surface area contributed by atoms with Crippen LogP contribution < -0.4 is 5.73 Å². The number of ether oxygens (including phenoxy) is 1. The van der Waals surface area contributed by atoms with E-state index in [0.29, 0.717) is 18.2 Å². The number of hydrogen-bond donors (Lipinski definition) is 1. The molecule has 0 heterocycles. The third-order valence-electron chi connectivity index (χ3n) is 1.71. The Morgan fingerprint density at radius 2 is 2.14 bits per heavy atom. The smallest absolute Gasteiger partial charge is 0.219 e. The quantitative estimate of drug-likeness (QED) is 0.758. The fraction of sp³-hybridized carbons (Fsp3) is 0.300. The Kier molecular flexibility index (Phi) is 4.43. The van der Waals surface area contributed by atoms with Gasteiger partial charge in [-0.2, -0.15) is 0 Å². The van der Waals surface area contributed by atoms with Gasteiger partial charge < -0.3 is 10.5 Å². The van der Waals surface area contributed by atoms with Crippen molar-refractivity contribution in [3.63, 3.8) is 0 Å². The van der Waals surface area contributed by atoms with Crippen molar-refractivity contribution in [2.24, 2.45) is 5.73 Å². The Morgan fingerprint density at radius 3 is 2.79 bits per heavy atom. The van der Waals surface area contributed by atoms with Crippen LogP contribution in [0.25, 0.3) is 0 Å². The maximum atomic E-state index is 10.4. The molecular weight excluding hydrogens is 202 g/mol. The summed E-state index contributed by atoms with van der Waals surface area (Å²) < 4.78 is 5.23. The molecule has 0 fully saturated rings. The number of amides is 1. The topological polar surface area (TPSA) is 52.3 Å². The third kappa shape index (κ3) is 3.77. The van der Waals surface area contributed by atoms with E-state index in [9.17, 15) is 4.79 Å². The van der Waals surface area contributed by atoms with E-state index in [1.54, 1.807) is 6.07 Å². The average Bonchev–Trinajstić information content (AvgIpc) is 2.15. The van der Waals surface area contributed by atoms with Crippen LogP contribution in [0.2, 0.25) is 5.02 Å².